The first-order valence-electron chi connectivity index (χ1n) is 7.24. The number of hydrogen-bond acceptors (Lipinski definition) is 3. The Bertz CT molecular complexity index is 367. The average Bonchev–Trinajstić information content (AvgIpc) is 3.25. The molecule has 1 saturated heterocycles. The number of hydrogen-bond donors (Lipinski definition) is 1. The van der Waals surface area contributed by atoms with Crippen molar-refractivity contribution in [3.63, 3.8) is 0 Å². The van der Waals surface area contributed by atoms with Gasteiger partial charge in [-0.25, -0.2) is 0 Å². The molecule has 1 aromatic rings. The Balaban J connectivity index is 1.48. The van der Waals surface area contributed by atoms with E-state index in [1.54, 1.807) is 0 Å². The van der Waals surface area contributed by atoms with Crippen molar-refractivity contribution in [3.05, 3.63) is 24.5 Å². The second-order valence-corrected chi connectivity index (χ2v) is 5.76. The van der Waals surface area contributed by atoms with Gasteiger partial charge in [0, 0.05) is 43.3 Å². The summed E-state index contributed by atoms with van der Waals surface area (Å²) in [5, 5.41) is 3.81. The van der Waals surface area contributed by atoms with Crippen LogP contribution in [-0.2, 0) is 0 Å². The number of nitrogens with one attached hydrogen (secondary N) is 1. The zero-order valence-corrected chi connectivity index (χ0v) is 11.2. The zero-order chi connectivity index (χ0) is 12.4. The van der Waals surface area contributed by atoms with E-state index in [0.717, 1.165) is 18.0 Å². The molecule has 1 saturated carbocycles. The first-order valence-corrected chi connectivity index (χ1v) is 7.24. The fraction of sp³-hybridized carbons (Fsp3) is 0.667. The summed E-state index contributed by atoms with van der Waals surface area (Å²) in [6.45, 7) is 4.69. The van der Waals surface area contributed by atoms with Gasteiger partial charge in [-0.2, -0.15) is 0 Å². The molecule has 0 spiro atoms. The molecule has 1 aliphatic heterocycles. The summed E-state index contributed by atoms with van der Waals surface area (Å²) in [5.74, 6) is 0.961. The van der Waals surface area contributed by atoms with Gasteiger partial charge in [-0.1, -0.05) is 0 Å². The topological polar surface area (TPSA) is 28.2 Å². The molecule has 1 N–H and O–H groups in total. The van der Waals surface area contributed by atoms with Gasteiger partial charge >= 0.3 is 0 Å². The lowest BCUT2D eigenvalue weighted by molar-refractivity contribution is 0.358. The van der Waals surface area contributed by atoms with Gasteiger partial charge in [0.15, 0.2) is 0 Å². The third kappa shape index (κ3) is 2.83. The standard InChI is InChI=1S/C15H23N3/c1-12(13-2-3-13)17-14-6-10-18(11-7-14)15-4-8-16-9-5-15/h4-5,8-9,12-14,17H,2-3,6-7,10-11H2,1H3. The number of pyridine rings is 1. The van der Waals surface area contributed by atoms with Crippen molar-refractivity contribution in [1.82, 2.24) is 10.3 Å². The molecule has 1 aromatic heterocycles. The lowest BCUT2D eigenvalue weighted by Gasteiger charge is -2.35. The first kappa shape index (κ1) is 12.0. The molecule has 3 nitrogen and oxygen atoms in total. The van der Waals surface area contributed by atoms with E-state index in [4.69, 9.17) is 0 Å². The molecule has 0 bridgehead atoms. The van der Waals surface area contributed by atoms with E-state index in [1.807, 2.05) is 12.4 Å². The van der Waals surface area contributed by atoms with Crippen molar-refractivity contribution in [1.29, 1.82) is 0 Å². The molecule has 1 atom stereocenters. The van der Waals surface area contributed by atoms with Gasteiger partial charge in [0.1, 0.15) is 0 Å². The lowest BCUT2D eigenvalue weighted by Crippen LogP contribution is -2.46. The van der Waals surface area contributed by atoms with Crippen LogP contribution in [0.2, 0.25) is 0 Å². The van der Waals surface area contributed by atoms with Crippen molar-refractivity contribution in [3.8, 4) is 0 Å². The van der Waals surface area contributed by atoms with Crippen LogP contribution in [-0.4, -0.2) is 30.2 Å². The molecule has 1 aliphatic carbocycles. The molecule has 98 valence electrons. The summed E-state index contributed by atoms with van der Waals surface area (Å²) in [6.07, 6.45) is 9.16. The maximum atomic E-state index is 4.08. The van der Waals surface area contributed by atoms with Gasteiger partial charge < -0.3 is 10.2 Å². The number of aromatic nitrogens is 1. The Labute approximate surface area is 110 Å². The van der Waals surface area contributed by atoms with Gasteiger partial charge in [-0.3, -0.25) is 4.98 Å². The fourth-order valence-electron chi connectivity index (χ4n) is 2.96. The second-order valence-electron chi connectivity index (χ2n) is 5.76. The lowest BCUT2D eigenvalue weighted by atomic mass is 10.0. The predicted molar refractivity (Wildman–Crippen MR) is 74.8 cm³/mol. The maximum absolute atomic E-state index is 4.08. The summed E-state index contributed by atoms with van der Waals surface area (Å²) >= 11 is 0. The quantitative estimate of drug-likeness (QED) is 0.883. The van der Waals surface area contributed by atoms with Crippen molar-refractivity contribution in [2.75, 3.05) is 18.0 Å². The van der Waals surface area contributed by atoms with Crippen molar-refractivity contribution in [2.45, 2.75) is 44.7 Å². The maximum Gasteiger partial charge on any atom is 0.0397 e. The third-order valence-electron chi connectivity index (χ3n) is 4.35. The highest BCUT2D eigenvalue weighted by atomic mass is 15.1. The Morgan fingerprint density at radius 1 is 1.17 bits per heavy atom. The van der Waals surface area contributed by atoms with Crippen LogP contribution in [0.15, 0.2) is 24.5 Å². The van der Waals surface area contributed by atoms with E-state index in [-0.39, 0.29) is 0 Å². The minimum Gasteiger partial charge on any atom is -0.371 e. The Kier molecular flexibility index (Phi) is 3.50. The van der Waals surface area contributed by atoms with Crippen LogP contribution in [0.1, 0.15) is 32.6 Å². The molecule has 3 rings (SSSR count). The molecule has 3 heteroatoms. The van der Waals surface area contributed by atoms with E-state index < -0.39 is 0 Å². The largest absolute Gasteiger partial charge is 0.371 e. The van der Waals surface area contributed by atoms with Gasteiger partial charge in [-0.05, 0) is 50.7 Å². The number of anilines is 1. The molecule has 2 heterocycles. The number of nitrogens with zero attached hydrogens (tertiary/aromatic N) is 2. The Morgan fingerprint density at radius 3 is 2.44 bits per heavy atom. The molecular formula is C15H23N3. The average molecular weight is 245 g/mol. The minimum absolute atomic E-state index is 0.721. The van der Waals surface area contributed by atoms with E-state index in [2.05, 4.69) is 34.3 Å². The molecule has 0 amide bonds. The molecule has 0 radical (unpaired) electrons. The highest BCUT2D eigenvalue weighted by molar-refractivity contribution is 5.44. The van der Waals surface area contributed by atoms with Crippen molar-refractivity contribution < 1.29 is 0 Å². The summed E-state index contributed by atoms with van der Waals surface area (Å²) in [4.78, 5) is 6.56. The van der Waals surface area contributed by atoms with E-state index in [0.29, 0.717) is 0 Å². The Morgan fingerprint density at radius 2 is 1.83 bits per heavy atom. The van der Waals surface area contributed by atoms with Gasteiger partial charge in [0.05, 0.1) is 0 Å². The monoisotopic (exact) mass is 245 g/mol. The van der Waals surface area contributed by atoms with E-state index in [1.165, 1.54) is 44.5 Å². The van der Waals surface area contributed by atoms with Crippen molar-refractivity contribution in [2.24, 2.45) is 5.92 Å². The van der Waals surface area contributed by atoms with E-state index in [9.17, 15) is 0 Å². The SMILES string of the molecule is CC(NC1CCN(c2ccncc2)CC1)C1CC1. The molecular weight excluding hydrogens is 222 g/mol. The van der Waals surface area contributed by atoms with Gasteiger partial charge in [0.25, 0.3) is 0 Å². The van der Waals surface area contributed by atoms with Crippen LogP contribution in [0.25, 0.3) is 0 Å². The summed E-state index contributed by atoms with van der Waals surface area (Å²) in [7, 11) is 0. The normalized spacial score (nSPS) is 23.1. The highest BCUT2D eigenvalue weighted by Gasteiger charge is 2.30. The first-order chi connectivity index (χ1) is 8.83. The molecule has 1 unspecified atom stereocenters. The van der Waals surface area contributed by atoms with Crippen LogP contribution in [0.5, 0.6) is 0 Å². The second kappa shape index (κ2) is 5.27. The van der Waals surface area contributed by atoms with Crippen LogP contribution >= 0.6 is 0 Å². The molecule has 2 aliphatic rings. The molecule has 18 heavy (non-hydrogen) atoms. The highest BCUT2D eigenvalue weighted by Crippen LogP contribution is 2.33. The van der Waals surface area contributed by atoms with Crippen LogP contribution in [0.3, 0.4) is 0 Å². The summed E-state index contributed by atoms with van der Waals surface area (Å²) in [6, 6.07) is 5.67. The van der Waals surface area contributed by atoms with Gasteiger partial charge in [-0.15, -0.1) is 0 Å². The summed E-state index contributed by atoms with van der Waals surface area (Å²) in [5.41, 5.74) is 1.32. The smallest absolute Gasteiger partial charge is 0.0397 e. The molecule has 0 aromatic carbocycles. The molecule has 2 fully saturated rings. The third-order valence-corrected chi connectivity index (χ3v) is 4.35. The Hall–Kier alpha value is -1.09. The number of piperidine rings is 1. The predicted octanol–water partition coefficient (Wildman–Crippen LogP) is 2.44. The van der Waals surface area contributed by atoms with E-state index >= 15 is 0 Å². The van der Waals surface area contributed by atoms with Crippen LogP contribution in [0.4, 0.5) is 5.69 Å². The minimum atomic E-state index is 0.721. The number of rotatable bonds is 4. The summed E-state index contributed by atoms with van der Waals surface area (Å²) < 4.78 is 0. The van der Waals surface area contributed by atoms with Crippen LogP contribution in [0, 0.1) is 5.92 Å². The van der Waals surface area contributed by atoms with Crippen LogP contribution < -0.4 is 10.2 Å². The fourth-order valence-corrected chi connectivity index (χ4v) is 2.96. The van der Waals surface area contributed by atoms with Gasteiger partial charge in [0.2, 0.25) is 0 Å². The van der Waals surface area contributed by atoms with Crippen molar-refractivity contribution >= 4 is 5.69 Å². The zero-order valence-electron chi connectivity index (χ0n) is 11.2.